The summed E-state index contributed by atoms with van der Waals surface area (Å²) in [4.78, 5) is 26.0. The summed E-state index contributed by atoms with van der Waals surface area (Å²) >= 11 is 0. The molecule has 0 unspecified atom stereocenters. The predicted molar refractivity (Wildman–Crippen MR) is 135 cm³/mol. The number of amides is 2. The summed E-state index contributed by atoms with van der Waals surface area (Å²) in [7, 11) is 0. The largest absolute Gasteiger partial charge is 0.508 e. The molecule has 1 aliphatic carbocycles. The van der Waals surface area contributed by atoms with Crippen LogP contribution in [0, 0.1) is 0 Å². The highest BCUT2D eigenvalue weighted by atomic mass is 16.3. The number of nitrogens with two attached hydrogens (primary N) is 2. The fourth-order valence-corrected chi connectivity index (χ4v) is 4.40. The van der Waals surface area contributed by atoms with Gasteiger partial charge in [0.1, 0.15) is 11.5 Å². The lowest BCUT2D eigenvalue weighted by molar-refractivity contribution is -0.123. The second kappa shape index (κ2) is 11.3. The summed E-state index contributed by atoms with van der Waals surface area (Å²) in [5.74, 6) is -0.542. The molecule has 4 atom stereocenters. The van der Waals surface area contributed by atoms with Crippen molar-refractivity contribution in [3.63, 3.8) is 0 Å². The third-order valence-electron chi connectivity index (χ3n) is 6.72. The van der Waals surface area contributed by atoms with Gasteiger partial charge in [-0.3, -0.25) is 9.59 Å². The summed E-state index contributed by atoms with van der Waals surface area (Å²) in [5.41, 5.74) is 14.4. The van der Waals surface area contributed by atoms with E-state index in [0.29, 0.717) is 11.1 Å². The number of carbonyl (C=O) groups excluding carboxylic acids is 2. The van der Waals surface area contributed by atoms with Crippen LogP contribution in [0.5, 0.6) is 11.5 Å². The number of phenols is 2. The number of phenolic OH excluding ortho intramolecular Hbond substituents is 2. The maximum atomic E-state index is 13.1. The summed E-state index contributed by atoms with van der Waals surface area (Å²) < 4.78 is 0. The average molecular weight is 498 g/mol. The van der Waals surface area contributed by atoms with Gasteiger partial charge in [0.25, 0.3) is 0 Å². The topological polar surface area (TPSA) is 183 Å². The molecule has 1 fully saturated rings. The Kier molecular flexibility index (Phi) is 8.10. The van der Waals surface area contributed by atoms with E-state index in [1.54, 1.807) is 30.3 Å². The van der Waals surface area contributed by atoms with Crippen LogP contribution in [0.3, 0.4) is 0 Å². The molecule has 36 heavy (non-hydrogen) atoms. The van der Waals surface area contributed by atoms with E-state index in [1.807, 2.05) is 6.07 Å². The van der Waals surface area contributed by atoms with Crippen LogP contribution in [0.1, 0.15) is 30.4 Å². The maximum Gasteiger partial charge on any atom is 0.237 e. The molecule has 0 saturated heterocycles. The molecule has 0 spiro atoms. The van der Waals surface area contributed by atoms with Gasteiger partial charge in [0.15, 0.2) is 0 Å². The van der Waals surface area contributed by atoms with E-state index in [1.165, 1.54) is 0 Å². The zero-order chi connectivity index (χ0) is 25.8. The van der Waals surface area contributed by atoms with Crippen molar-refractivity contribution in [2.24, 2.45) is 11.5 Å². The fraction of sp³-hybridized carbons (Fsp3) is 0.462. The van der Waals surface area contributed by atoms with E-state index in [4.69, 9.17) is 11.5 Å². The summed E-state index contributed by atoms with van der Waals surface area (Å²) in [5, 5.41) is 40.2. The fourth-order valence-electron chi connectivity index (χ4n) is 4.40. The average Bonchev–Trinajstić information content (AvgIpc) is 3.67. The van der Waals surface area contributed by atoms with Crippen LogP contribution in [0.4, 0.5) is 0 Å². The molecule has 2 aromatic rings. The zero-order valence-electron chi connectivity index (χ0n) is 20.1. The zero-order valence-corrected chi connectivity index (χ0v) is 20.1. The van der Waals surface area contributed by atoms with Crippen LogP contribution < -0.4 is 27.4 Å². The molecule has 4 bridgehead atoms. The molecule has 0 radical (unpaired) electrons. The molecule has 194 valence electrons. The van der Waals surface area contributed by atoms with Crippen molar-refractivity contribution in [1.82, 2.24) is 16.0 Å². The number of nitrogens with one attached hydrogen (secondary N) is 3. The number of aliphatic hydroxyl groups is 1. The number of fused-ring (bicyclic) bond motifs is 5. The van der Waals surface area contributed by atoms with Crippen LogP contribution in [0.15, 0.2) is 36.4 Å². The van der Waals surface area contributed by atoms with Gasteiger partial charge in [0.2, 0.25) is 11.8 Å². The lowest BCUT2D eigenvalue weighted by atomic mass is 9.95. The predicted octanol–water partition coefficient (Wildman–Crippen LogP) is -0.378. The van der Waals surface area contributed by atoms with Crippen LogP contribution in [0.2, 0.25) is 0 Å². The number of aromatic hydroxyl groups is 2. The van der Waals surface area contributed by atoms with Gasteiger partial charge in [0, 0.05) is 38.0 Å². The Labute approximate surface area is 210 Å². The van der Waals surface area contributed by atoms with Crippen LogP contribution >= 0.6 is 0 Å². The van der Waals surface area contributed by atoms with Crippen LogP contribution in [0.25, 0.3) is 11.1 Å². The number of hydrogen-bond donors (Lipinski definition) is 8. The number of aliphatic hydroxyl groups excluding tert-OH is 1. The number of benzene rings is 2. The molecular formula is C26H35N5O5. The Morgan fingerprint density at radius 1 is 1.06 bits per heavy atom. The van der Waals surface area contributed by atoms with Crippen LogP contribution in [-0.4, -0.2) is 70.5 Å². The van der Waals surface area contributed by atoms with Crippen molar-refractivity contribution in [1.29, 1.82) is 0 Å². The third kappa shape index (κ3) is 6.52. The molecular weight excluding hydrogens is 462 g/mol. The summed E-state index contributed by atoms with van der Waals surface area (Å²) in [6.45, 7) is 0.197. The van der Waals surface area contributed by atoms with E-state index in [9.17, 15) is 24.9 Å². The van der Waals surface area contributed by atoms with Gasteiger partial charge in [0.05, 0.1) is 18.2 Å². The maximum absolute atomic E-state index is 13.1. The van der Waals surface area contributed by atoms with E-state index in [-0.39, 0.29) is 55.8 Å². The first-order chi connectivity index (χ1) is 17.2. The highest BCUT2D eigenvalue weighted by Gasteiger charge is 2.30. The monoisotopic (exact) mass is 497 g/mol. The molecule has 4 rings (SSSR count). The molecule has 2 aromatic carbocycles. The first kappa shape index (κ1) is 25.9. The van der Waals surface area contributed by atoms with Crippen molar-refractivity contribution in [2.45, 2.75) is 62.4 Å². The Balaban J connectivity index is 1.71. The number of carbonyl (C=O) groups is 2. The molecule has 1 heterocycles. The molecule has 10 nitrogen and oxygen atoms in total. The third-order valence-corrected chi connectivity index (χ3v) is 6.72. The van der Waals surface area contributed by atoms with Crippen molar-refractivity contribution in [3.8, 4) is 22.6 Å². The molecule has 10 heteroatoms. The van der Waals surface area contributed by atoms with Gasteiger partial charge in [-0.2, -0.15) is 0 Å². The van der Waals surface area contributed by atoms with E-state index >= 15 is 0 Å². The van der Waals surface area contributed by atoms with E-state index < -0.39 is 30.1 Å². The normalized spacial score (nSPS) is 23.6. The van der Waals surface area contributed by atoms with Crippen molar-refractivity contribution in [3.05, 3.63) is 47.5 Å². The van der Waals surface area contributed by atoms with E-state index in [0.717, 1.165) is 24.0 Å². The minimum Gasteiger partial charge on any atom is -0.508 e. The highest BCUT2D eigenvalue weighted by molar-refractivity contribution is 5.83. The summed E-state index contributed by atoms with van der Waals surface area (Å²) in [6, 6.07) is 8.20. The molecule has 0 aromatic heterocycles. The van der Waals surface area contributed by atoms with Crippen molar-refractivity contribution in [2.75, 3.05) is 13.1 Å². The van der Waals surface area contributed by atoms with Gasteiger partial charge < -0.3 is 42.7 Å². The Morgan fingerprint density at radius 2 is 1.67 bits per heavy atom. The minimum atomic E-state index is -0.946. The second-order valence-electron chi connectivity index (χ2n) is 9.78. The SMILES string of the molecule is NC[C@H](O)C[C@H]1CN[C@H](C(=O)NC2CC2)Cc2cc(ccc2O)-c2ccc(O)c(c2)C[C@H](N)C(=O)N1. The van der Waals surface area contributed by atoms with Crippen LogP contribution in [-0.2, 0) is 22.4 Å². The van der Waals surface area contributed by atoms with Gasteiger partial charge in [-0.1, -0.05) is 12.1 Å². The van der Waals surface area contributed by atoms with Crippen molar-refractivity contribution >= 4 is 11.8 Å². The molecule has 2 aliphatic rings. The van der Waals surface area contributed by atoms with Gasteiger partial charge in [-0.15, -0.1) is 0 Å². The highest BCUT2D eigenvalue weighted by Crippen LogP contribution is 2.31. The van der Waals surface area contributed by atoms with Gasteiger partial charge >= 0.3 is 0 Å². The second-order valence-corrected chi connectivity index (χ2v) is 9.78. The Morgan fingerprint density at radius 3 is 2.25 bits per heavy atom. The molecule has 1 saturated carbocycles. The molecule has 2 amide bonds. The minimum absolute atomic E-state index is 0.0192. The quantitative estimate of drug-likeness (QED) is 0.275. The van der Waals surface area contributed by atoms with Gasteiger partial charge in [-0.25, -0.2) is 0 Å². The lowest BCUT2D eigenvalue weighted by Crippen LogP contribution is -2.54. The standard InChI is InChI=1S/C26H35N5O5/c27-12-20(32)11-19-13-29-22(26(36)30-18-3-4-18)10-17-8-15(2-6-24(17)34)14-1-5-23(33)16(7-14)9-21(28)25(35)31-19/h1-2,5-8,18-22,29,32-34H,3-4,9-13,27-28H2,(H,30,36)(H,31,35)/t19-,20+,21-,22-/m0/s1. The van der Waals surface area contributed by atoms with E-state index in [2.05, 4.69) is 16.0 Å². The lowest BCUT2D eigenvalue weighted by Gasteiger charge is -2.26. The first-order valence-electron chi connectivity index (χ1n) is 12.4. The smallest absolute Gasteiger partial charge is 0.237 e. The van der Waals surface area contributed by atoms with Crippen molar-refractivity contribution < 1.29 is 24.9 Å². The Hall–Kier alpha value is -3.18. The number of hydrogen-bond acceptors (Lipinski definition) is 8. The molecule has 10 N–H and O–H groups in total. The Bertz CT molecular complexity index is 1110. The summed E-state index contributed by atoms with van der Waals surface area (Å²) in [6.07, 6.45) is 1.49. The van der Waals surface area contributed by atoms with Gasteiger partial charge in [-0.05, 0) is 65.8 Å². The first-order valence-corrected chi connectivity index (χ1v) is 12.4. The molecule has 1 aliphatic heterocycles. The number of rotatable bonds is 5.